The number of halogens is 1. The fourth-order valence-electron chi connectivity index (χ4n) is 2.65. The predicted molar refractivity (Wildman–Crippen MR) is 81.2 cm³/mol. The first-order valence-corrected chi connectivity index (χ1v) is 7.35. The highest BCUT2D eigenvalue weighted by atomic mass is 19.1. The summed E-state index contributed by atoms with van der Waals surface area (Å²) >= 11 is 0. The second kappa shape index (κ2) is 6.02. The third-order valence-electron chi connectivity index (χ3n) is 3.82. The highest BCUT2D eigenvalue weighted by molar-refractivity contribution is 5.94. The fourth-order valence-corrected chi connectivity index (χ4v) is 2.65. The maximum absolute atomic E-state index is 13.3. The summed E-state index contributed by atoms with van der Waals surface area (Å²) in [6, 6.07) is 4.42. The van der Waals surface area contributed by atoms with Crippen molar-refractivity contribution in [1.29, 1.82) is 0 Å². The standard InChI is InChI=1S/C15H19FN4O2/c1-3-20-12-5-4-10(16)8-11(12)17-15(20)18-14(21)13-9-19(2)6-7-22-13/h4-5,8,13H,3,6-7,9H2,1-2H3,(H,17,18,21)/t13-/m1/s1. The SMILES string of the molecule is CCn1c(NC(=O)[C@H]2CN(C)CCO2)nc2cc(F)ccc21. The number of fused-ring (bicyclic) bond motifs is 1. The van der Waals surface area contributed by atoms with Crippen LogP contribution < -0.4 is 5.32 Å². The smallest absolute Gasteiger partial charge is 0.257 e. The molecule has 0 bridgehead atoms. The van der Waals surface area contributed by atoms with Gasteiger partial charge in [-0.1, -0.05) is 0 Å². The monoisotopic (exact) mass is 306 g/mol. The minimum absolute atomic E-state index is 0.225. The number of amides is 1. The minimum atomic E-state index is -0.513. The van der Waals surface area contributed by atoms with Crippen LogP contribution in [0.15, 0.2) is 18.2 Å². The third-order valence-corrected chi connectivity index (χ3v) is 3.82. The quantitative estimate of drug-likeness (QED) is 0.933. The van der Waals surface area contributed by atoms with E-state index in [9.17, 15) is 9.18 Å². The highest BCUT2D eigenvalue weighted by Gasteiger charge is 2.26. The van der Waals surface area contributed by atoms with Gasteiger partial charge in [-0.3, -0.25) is 10.1 Å². The van der Waals surface area contributed by atoms with Crippen molar-refractivity contribution >= 4 is 22.9 Å². The van der Waals surface area contributed by atoms with Gasteiger partial charge in [0.15, 0.2) is 0 Å². The Balaban J connectivity index is 1.85. The summed E-state index contributed by atoms with van der Waals surface area (Å²) in [7, 11) is 1.95. The zero-order chi connectivity index (χ0) is 15.7. The van der Waals surface area contributed by atoms with Crippen LogP contribution in [0, 0.1) is 5.82 Å². The van der Waals surface area contributed by atoms with Gasteiger partial charge in [0, 0.05) is 25.7 Å². The number of morpholine rings is 1. The molecule has 0 aliphatic carbocycles. The van der Waals surface area contributed by atoms with Crippen molar-refractivity contribution in [2.45, 2.75) is 19.6 Å². The van der Waals surface area contributed by atoms with Crippen molar-refractivity contribution < 1.29 is 13.9 Å². The number of nitrogens with zero attached hydrogens (tertiary/aromatic N) is 3. The number of hydrogen-bond donors (Lipinski definition) is 1. The number of aromatic nitrogens is 2. The number of ether oxygens (including phenoxy) is 1. The van der Waals surface area contributed by atoms with E-state index < -0.39 is 6.10 Å². The van der Waals surface area contributed by atoms with E-state index in [4.69, 9.17) is 4.74 Å². The second-order valence-corrected chi connectivity index (χ2v) is 5.42. The first-order valence-electron chi connectivity index (χ1n) is 7.35. The number of benzene rings is 1. The van der Waals surface area contributed by atoms with Gasteiger partial charge in [-0.2, -0.15) is 0 Å². The van der Waals surface area contributed by atoms with Crippen molar-refractivity contribution in [3.8, 4) is 0 Å². The van der Waals surface area contributed by atoms with Gasteiger partial charge in [0.25, 0.3) is 5.91 Å². The van der Waals surface area contributed by atoms with Crippen LogP contribution >= 0.6 is 0 Å². The van der Waals surface area contributed by atoms with Gasteiger partial charge >= 0.3 is 0 Å². The highest BCUT2D eigenvalue weighted by Crippen LogP contribution is 2.21. The molecule has 1 atom stereocenters. The number of carbonyl (C=O) groups excluding carboxylic acids is 1. The van der Waals surface area contributed by atoms with Crippen LogP contribution in [0.25, 0.3) is 11.0 Å². The number of aryl methyl sites for hydroxylation is 1. The molecule has 1 amide bonds. The van der Waals surface area contributed by atoms with Crippen LogP contribution in [0.4, 0.5) is 10.3 Å². The molecule has 1 aromatic carbocycles. The van der Waals surface area contributed by atoms with E-state index in [1.165, 1.54) is 12.1 Å². The van der Waals surface area contributed by atoms with Crippen LogP contribution in [0.5, 0.6) is 0 Å². The lowest BCUT2D eigenvalue weighted by molar-refractivity contribution is -0.132. The van der Waals surface area contributed by atoms with Gasteiger partial charge in [-0.15, -0.1) is 0 Å². The molecule has 2 heterocycles. The molecule has 0 radical (unpaired) electrons. The van der Waals surface area contributed by atoms with Gasteiger partial charge in [-0.25, -0.2) is 9.37 Å². The van der Waals surface area contributed by atoms with E-state index in [1.807, 2.05) is 23.4 Å². The number of anilines is 1. The Morgan fingerprint density at radius 1 is 1.55 bits per heavy atom. The minimum Gasteiger partial charge on any atom is -0.366 e. The number of likely N-dealkylation sites (N-methyl/N-ethyl adjacent to an activating group) is 1. The van der Waals surface area contributed by atoms with E-state index in [0.29, 0.717) is 31.2 Å². The van der Waals surface area contributed by atoms with E-state index in [1.54, 1.807) is 6.07 Å². The molecular formula is C15H19FN4O2. The largest absolute Gasteiger partial charge is 0.366 e. The van der Waals surface area contributed by atoms with Crippen molar-refractivity contribution in [2.75, 3.05) is 32.1 Å². The Hall–Kier alpha value is -1.99. The molecule has 1 N–H and O–H groups in total. The average Bonchev–Trinajstić information content (AvgIpc) is 2.83. The lowest BCUT2D eigenvalue weighted by atomic mass is 10.2. The summed E-state index contributed by atoms with van der Waals surface area (Å²) in [6.07, 6.45) is -0.513. The molecule has 22 heavy (non-hydrogen) atoms. The molecule has 3 rings (SSSR count). The molecule has 6 nitrogen and oxygen atoms in total. The normalized spacial score (nSPS) is 19.5. The summed E-state index contributed by atoms with van der Waals surface area (Å²) in [5.41, 5.74) is 1.32. The van der Waals surface area contributed by atoms with Crippen LogP contribution in [0.2, 0.25) is 0 Å². The third kappa shape index (κ3) is 2.82. The van der Waals surface area contributed by atoms with E-state index >= 15 is 0 Å². The van der Waals surface area contributed by atoms with Gasteiger partial charge < -0.3 is 14.2 Å². The zero-order valence-corrected chi connectivity index (χ0v) is 12.7. The van der Waals surface area contributed by atoms with Crippen LogP contribution in [0.3, 0.4) is 0 Å². The van der Waals surface area contributed by atoms with Crippen molar-refractivity contribution in [2.24, 2.45) is 0 Å². The van der Waals surface area contributed by atoms with E-state index in [2.05, 4.69) is 10.3 Å². The summed E-state index contributed by atoms with van der Waals surface area (Å²) in [6.45, 7) is 4.47. The second-order valence-electron chi connectivity index (χ2n) is 5.42. The van der Waals surface area contributed by atoms with Gasteiger partial charge in [0.05, 0.1) is 17.6 Å². The van der Waals surface area contributed by atoms with Crippen molar-refractivity contribution in [1.82, 2.24) is 14.5 Å². The lowest BCUT2D eigenvalue weighted by Crippen LogP contribution is -2.46. The molecule has 1 aliphatic heterocycles. The summed E-state index contributed by atoms with van der Waals surface area (Å²) in [5.74, 6) is -0.148. The zero-order valence-electron chi connectivity index (χ0n) is 12.7. The molecule has 1 aromatic heterocycles. The van der Waals surface area contributed by atoms with E-state index in [0.717, 1.165) is 12.1 Å². The molecule has 2 aromatic rings. The molecular weight excluding hydrogens is 287 g/mol. The number of hydrogen-bond acceptors (Lipinski definition) is 4. The molecule has 0 unspecified atom stereocenters. The predicted octanol–water partition coefficient (Wildman–Crippen LogP) is 1.46. The molecule has 1 aliphatic rings. The van der Waals surface area contributed by atoms with Crippen LogP contribution in [-0.2, 0) is 16.1 Å². The van der Waals surface area contributed by atoms with Gasteiger partial charge in [0.2, 0.25) is 5.95 Å². The summed E-state index contributed by atoms with van der Waals surface area (Å²) in [5, 5.41) is 2.80. The fraction of sp³-hybridized carbons (Fsp3) is 0.467. The Labute approximate surface area is 127 Å². The Bertz CT molecular complexity index is 700. The Morgan fingerprint density at radius 2 is 2.36 bits per heavy atom. The van der Waals surface area contributed by atoms with Crippen molar-refractivity contribution in [3.05, 3.63) is 24.0 Å². The van der Waals surface area contributed by atoms with Gasteiger partial charge in [-0.05, 0) is 26.1 Å². The summed E-state index contributed by atoms with van der Waals surface area (Å²) < 4.78 is 20.7. The van der Waals surface area contributed by atoms with E-state index in [-0.39, 0.29) is 11.7 Å². The number of nitrogens with one attached hydrogen (secondary N) is 1. The van der Waals surface area contributed by atoms with Crippen molar-refractivity contribution in [3.63, 3.8) is 0 Å². The molecule has 1 saturated heterocycles. The maximum Gasteiger partial charge on any atom is 0.257 e. The number of imidazole rings is 1. The Kier molecular flexibility index (Phi) is 4.08. The molecule has 1 fully saturated rings. The van der Waals surface area contributed by atoms with Crippen LogP contribution in [-0.4, -0.2) is 53.2 Å². The average molecular weight is 306 g/mol. The maximum atomic E-state index is 13.3. The number of carbonyl (C=O) groups is 1. The molecule has 7 heteroatoms. The topological polar surface area (TPSA) is 59.4 Å². The summed E-state index contributed by atoms with van der Waals surface area (Å²) in [4.78, 5) is 18.7. The molecule has 0 spiro atoms. The molecule has 118 valence electrons. The van der Waals surface area contributed by atoms with Gasteiger partial charge in [0.1, 0.15) is 11.9 Å². The lowest BCUT2D eigenvalue weighted by Gasteiger charge is -2.28. The van der Waals surface area contributed by atoms with Crippen LogP contribution in [0.1, 0.15) is 6.92 Å². The Morgan fingerprint density at radius 3 is 3.09 bits per heavy atom. The first kappa shape index (κ1) is 14.9. The number of rotatable bonds is 3. The first-order chi connectivity index (χ1) is 10.6. The molecule has 0 saturated carbocycles.